The second-order valence-electron chi connectivity index (χ2n) is 9.67. The Balaban J connectivity index is 1.36. The number of nitrogens with two attached hydrogens (primary N) is 1. The van der Waals surface area contributed by atoms with Gasteiger partial charge in [-0.15, -0.1) is 0 Å². The summed E-state index contributed by atoms with van der Waals surface area (Å²) in [6, 6.07) is 32.1. The number of imidazole rings is 1. The van der Waals surface area contributed by atoms with E-state index < -0.39 is 0 Å². The fourth-order valence-corrected chi connectivity index (χ4v) is 4.75. The summed E-state index contributed by atoms with van der Waals surface area (Å²) in [6.07, 6.45) is 2.77. The van der Waals surface area contributed by atoms with E-state index in [4.69, 9.17) is 24.6 Å². The Labute approximate surface area is 240 Å². The second-order valence-corrected chi connectivity index (χ2v) is 9.67. The number of ketones is 1. The van der Waals surface area contributed by atoms with Crippen molar-refractivity contribution >= 4 is 5.78 Å². The molecule has 210 valence electrons. The number of carbonyl (C=O) groups is 1. The lowest BCUT2D eigenvalue weighted by Gasteiger charge is -2.13. The Morgan fingerprint density at radius 2 is 1.46 bits per heavy atom. The Morgan fingerprint density at radius 1 is 0.780 bits per heavy atom. The number of furan rings is 1. The summed E-state index contributed by atoms with van der Waals surface area (Å²) in [6.45, 7) is 3.15. The summed E-state index contributed by atoms with van der Waals surface area (Å²) in [7, 11) is 0. The maximum absolute atomic E-state index is 12.8. The molecule has 0 aliphatic carbocycles. The van der Waals surface area contributed by atoms with Gasteiger partial charge in [-0.1, -0.05) is 84.9 Å². The zero-order valence-corrected chi connectivity index (χ0v) is 23.1. The van der Waals surface area contributed by atoms with Crippen molar-refractivity contribution in [3.63, 3.8) is 0 Å². The van der Waals surface area contributed by atoms with Crippen molar-refractivity contribution in [2.24, 2.45) is 5.73 Å². The van der Waals surface area contributed by atoms with Crippen LogP contribution >= 0.6 is 0 Å². The van der Waals surface area contributed by atoms with Gasteiger partial charge in [-0.3, -0.25) is 4.79 Å². The van der Waals surface area contributed by atoms with E-state index >= 15 is 0 Å². The van der Waals surface area contributed by atoms with Gasteiger partial charge >= 0.3 is 0 Å². The van der Waals surface area contributed by atoms with Gasteiger partial charge in [-0.25, -0.2) is 4.98 Å². The average molecular weight is 550 g/mol. The van der Waals surface area contributed by atoms with E-state index in [0.29, 0.717) is 63.7 Å². The van der Waals surface area contributed by atoms with Gasteiger partial charge in [0, 0.05) is 42.8 Å². The van der Waals surface area contributed by atoms with Gasteiger partial charge in [-0.05, 0) is 24.1 Å². The Morgan fingerprint density at radius 3 is 2.12 bits per heavy atom. The smallest absolute Gasteiger partial charge is 0.177 e. The molecule has 0 atom stereocenters. The zero-order valence-electron chi connectivity index (χ0n) is 23.1. The van der Waals surface area contributed by atoms with E-state index in [9.17, 15) is 4.79 Å². The van der Waals surface area contributed by atoms with Gasteiger partial charge in [0.05, 0.1) is 37.5 Å². The number of nitrogens with zero attached hydrogens (tertiary/aromatic N) is 2. The van der Waals surface area contributed by atoms with Gasteiger partial charge in [0.15, 0.2) is 17.4 Å². The quantitative estimate of drug-likeness (QED) is 0.119. The molecule has 0 radical (unpaired) electrons. The maximum atomic E-state index is 12.8. The second kappa shape index (κ2) is 14.4. The summed E-state index contributed by atoms with van der Waals surface area (Å²) in [5.41, 5.74) is 11.2. The summed E-state index contributed by atoms with van der Waals surface area (Å²) in [4.78, 5) is 17.9. The van der Waals surface area contributed by atoms with Crippen LogP contribution in [0.25, 0.3) is 34.1 Å². The van der Waals surface area contributed by atoms with Gasteiger partial charge in [0.25, 0.3) is 0 Å². The molecule has 2 heterocycles. The van der Waals surface area contributed by atoms with Crippen LogP contribution in [0.2, 0.25) is 0 Å². The van der Waals surface area contributed by atoms with Crippen LogP contribution < -0.4 is 5.73 Å². The number of benzene rings is 3. The van der Waals surface area contributed by atoms with E-state index in [2.05, 4.69) is 28.8 Å². The highest BCUT2D eigenvalue weighted by Gasteiger charge is 2.22. The van der Waals surface area contributed by atoms with Crippen LogP contribution in [0.5, 0.6) is 0 Å². The maximum Gasteiger partial charge on any atom is 0.177 e. The van der Waals surface area contributed by atoms with Crippen molar-refractivity contribution < 1.29 is 18.7 Å². The minimum atomic E-state index is 0.106. The monoisotopic (exact) mass is 549 g/mol. The molecule has 0 unspecified atom stereocenters. The number of aromatic nitrogens is 2. The van der Waals surface area contributed by atoms with Gasteiger partial charge in [0.1, 0.15) is 0 Å². The van der Waals surface area contributed by atoms with Crippen LogP contribution in [-0.4, -0.2) is 48.3 Å². The molecule has 7 nitrogen and oxygen atoms in total. The molecule has 0 amide bonds. The SMILES string of the molecule is NCCOCCOCCCC(=O)c1ccc(Cn2c(-c3ccco3)nc(-c3ccccc3)c2-c2ccccc2)cc1. The predicted octanol–water partition coefficient (Wildman–Crippen LogP) is 6.48. The first-order valence-corrected chi connectivity index (χ1v) is 14.0. The van der Waals surface area contributed by atoms with E-state index in [1.54, 1.807) is 6.26 Å². The fourth-order valence-electron chi connectivity index (χ4n) is 4.75. The topological polar surface area (TPSA) is 92.5 Å². The van der Waals surface area contributed by atoms with E-state index in [-0.39, 0.29) is 5.78 Å². The van der Waals surface area contributed by atoms with Crippen LogP contribution in [0, 0.1) is 0 Å². The molecule has 0 aliphatic heterocycles. The average Bonchev–Trinajstić information content (AvgIpc) is 3.68. The lowest BCUT2D eigenvalue weighted by Crippen LogP contribution is -2.12. The molecule has 5 aromatic rings. The molecular weight excluding hydrogens is 514 g/mol. The molecule has 2 aromatic heterocycles. The molecule has 0 aliphatic rings. The van der Waals surface area contributed by atoms with E-state index in [1.807, 2.05) is 72.8 Å². The summed E-state index contributed by atoms with van der Waals surface area (Å²) in [5, 5.41) is 0. The number of ether oxygens (including phenoxy) is 2. The predicted molar refractivity (Wildman–Crippen MR) is 161 cm³/mol. The highest BCUT2D eigenvalue weighted by atomic mass is 16.5. The Hall–Kier alpha value is -4.30. The minimum absolute atomic E-state index is 0.106. The summed E-state index contributed by atoms with van der Waals surface area (Å²) < 4.78 is 18.8. The lowest BCUT2D eigenvalue weighted by molar-refractivity contribution is 0.0489. The molecule has 7 heteroatoms. The molecule has 0 spiro atoms. The van der Waals surface area contributed by atoms with Crippen LogP contribution in [0.1, 0.15) is 28.8 Å². The first-order chi connectivity index (χ1) is 20.2. The first kappa shape index (κ1) is 28.2. The standard InChI is InChI=1S/C34H35N3O4/c35-19-22-40-24-23-39-20-7-13-30(38)27-17-15-26(16-18-27)25-37-33(29-11-5-2-6-12-29)32(28-9-3-1-4-10-28)36-34(37)31-14-8-21-41-31/h1-6,8-12,14-18,21H,7,13,19-20,22-25,35H2. The third-order valence-corrected chi connectivity index (χ3v) is 6.75. The molecule has 0 bridgehead atoms. The van der Waals surface area contributed by atoms with E-state index in [0.717, 1.165) is 33.9 Å². The van der Waals surface area contributed by atoms with Crippen molar-refractivity contribution in [1.29, 1.82) is 0 Å². The molecule has 41 heavy (non-hydrogen) atoms. The molecular formula is C34H35N3O4. The van der Waals surface area contributed by atoms with Crippen molar-refractivity contribution in [3.05, 3.63) is 114 Å². The van der Waals surface area contributed by atoms with Crippen molar-refractivity contribution in [2.75, 3.05) is 33.0 Å². The summed E-state index contributed by atoms with van der Waals surface area (Å²) >= 11 is 0. The lowest BCUT2D eigenvalue weighted by atomic mass is 10.0. The van der Waals surface area contributed by atoms with E-state index in [1.165, 1.54) is 0 Å². The fraction of sp³-hybridized carbons (Fsp3) is 0.235. The van der Waals surface area contributed by atoms with Gasteiger partial charge < -0.3 is 24.2 Å². The largest absolute Gasteiger partial charge is 0.461 e. The molecule has 5 rings (SSSR count). The summed E-state index contributed by atoms with van der Waals surface area (Å²) in [5.74, 6) is 1.56. The molecule has 0 saturated carbocycles. The molecule has 0 fully saturated rings. The zero-order chi connectivity index (χ0) is 28.3. The highest BCUT2D eigenvalue weighted by molar-refractivity contribution is 5.96. The van der Waals surface area contributed by atoms with Crippen molar-refractivity contribution in [2.45, 2.75) is 19.4 Å². The molecule has 0 saturated heterocycles. The first-order valence-electron chi connectivity index (χ1n) is 14.0. The number of carbonyl (C=O) groups excluding carboxylic acids is 1. The van der Waals surface area contributed by atoms with Gasteiger partial charge in [-0.2, -0.15) is 0 Å². The van der Waals surface area contributed by atoms with Crippen molar-refractivity contribution in [3.8, 4) is 34.1 Å². The third-order valence-electron chi connectivity index (χ3n) is 6.75. The minimum Gasteiger partial charge on any atom is -0.461 e. The van der Waals surface area contributed by atoms with Crippen molar-refractivity contribution in [1.82, 2.24) is 9.55 Å². The number of hydrogen-bond acceptors (Lipinski definition) is 6. The van der Waals surface area contributed by atoms with Crippen LogP contribution in [0.4, 0.5) is 0 Å². The normalized spacial score (nSPS) is 11.1. The highest BCUT2D eigenvalue weighted by Crippen LogP contribution is 2.37. The third kappa shape index (κ3) is 7.27. The number of Topliss-reactive ketones (excluding diaryl/α,β-unsaturated/α-hetero) is 1. The van der Waals surface area contributed by atoms with Crippen LogP contribution in [0.3, 0.4) is 0 Å². The molecule has 2 N–H and O–H groups in total. The Bertz CT molecular complexity index is 1500. The van der Waals surface area contributed by atoms with Crippen LogP contribution in [-0.2, 0) is 16.0 Å². The molecule has 3 aromatic carbocycles. The number of hydrogen-bond donors (Lipinski definition) is 1. The number of rotatable bonds is 15. The van der Waals surface area contributed by atoms with Gasteiger partial charge in [0.2, 0.25) is 0 Å². The van der Waals surface area contributed by atoms with Crippen LogP contribution in [0.15, 0.2) is 108 Å². The Kier molecular flexibility index (Phi) is 9.89.